The molecule has 0 aliphatic heterocycles. The molecule has 260 valence electrons. The van der Waals surface area contributed by atoms with E-state index in [9.17, 15) is 15.0 Å². The van der Waals surface area contributed by atoms with Crippen LogP contribution in [0.2, 0.25) is 10.0 Å². The fraction of sp³-hybridized carbons (Fsp3) is 0.514. The second-order valence-corrected chi connectivity index (χ2v) is 14.9. The summed E-state index contributed by atoms with van der Waals surface area (Å²) in [7, 11) is 0. The molecule has 2 bridgehead atoms. The summed E-state index contributed by atoms with van der Waals surface area (Å²) in [5.74, 6) is 1.18. The second kappa shape index (κ2) is 13.1. The van der Waals surface area contributed by atoms with Gasteiger partial charge in [-0.1, -0.05) is 28.4 Å². The molecule has 4 aromatic rings. The molecular weight excluding hydrogens is 669 g/mol. The van der Waals surface area contributed by atoms with Gasteiger partial charge >= 0.3 is 5.97 Å². The van der Waals surface area contributed by atoms with E-state index in [1.807, 2.05) is 12.1 Å². The third-order valence-corrected chi connectivity index (χ3v) is 11.4. The average Bonchev–Trinajstić information content (AvgIpc) is 3.86. The lowest BCUT2D eigenvalue weighted by molar-refractivity contribution is -0.127. The van der Waals surface area contributed by atoms with Gasteiger partial charge in [0.25, 0.3) is 0 Å². The Hall–Kier alpha value is -3.28. The zero-order chi connectivity index (χ0) is 34.6. The standard InChI is InChI=1S/C37H41Cl2N3O7/c1-4-46-34(44)24-7-9-28(47-20-35(3,45)21(2)43)31-23(24)8-10-29(41-31)36-11-14-37(15-12-36,16-13-36)48-19-25-32(42-49-33(25)22-5-6-22)30-26(38)17-40-18-27(30)39/h7-10,17-18,21-22,43,45H,4-6,11-16,19-20H2,1-3H3. The van der Waals surface area contributed by atoms with Crippen LogP contribution in [0.1, 0.15) is 105 Å². The molecule has 4 aliphatic carbocycles. The first-order chi connectivity index (χ1) is 23.5. The largest absolute Gasteiger partial charge is 0.488 e. The maximum atomic E-state index is 12.9. The molecule has 3 aromatic heterocycles. The fourth-order valence-corrected chi connectivity index (χ4v) is 7.82. The summed E-state index contributed by atoms with van der Waals surface area (Å²) in [6.07, 6.45) is 9.51. The smallest absolute Gasteiger partial charge is 0.338 e. The van der Waals surface area contributed by atoms with Gasteiger partial charge in [0.05, 0.1) is 40.5 Å². The van der Waals surface area contributed by atoms with E-state index in [0.29, 0.717) is 56.0 Å². The molecule has 0 radical (unpaired) electrons. The van der Waals surface area contributed by atoms with E-state index in [0.717, 1.165) is 68.4 Å². The Balaban J connectivity index is 1.14. The molecule has 0 saturated heterocycles. The van der Waals surface area contributed by atoms with Crippen molar-refractivity contribution in [1.82, 2.24) is 15.1 Å². The Morgan fingerprint density at radius 3 is 2.41 bits per heavy atom. The van der Waals surface area contributed by atoms with Gasteiger partial charge in [0, 0.05) is 45.9 Å². The maximum Gasteiger partial charge on any atom is 0.338 e. The Labute approximate surface area is 295 Å². The molecule has 0 amide bonds. The van der Waals surface area contributed by atoms with E-state index in [-0.39, 0.29) is 24.2 Å². The monoisotopic (exact) mass is 709 g/mol. The predicted molar refractivity (Wildman–Crippen MR) is 184 cm³/mol. The van der Waals surface area contributed by atoms with Crippen molar-refractivity contribution in [2.24, 2.45) is 0 Å². The SMILES string of the molecule is CCOC(=O)c1ccc(OCC(C)(O)C(C)O)c2nc(C34CCC(OCc5c(-c6c(Cl)cncc6Cl)noc5C5CC5)(CC3)CC4)ccc12. The van der Waals surface area contributed by atoms with Gasteiger partial charge in [-0.25, -0.2) is 9.78 Å². The van der Waals surface area contributed by atoms with Crippen LogP contribution in [-0.4, -0.2) is 61.8 Å². The first-order valence-electron chi connectivity index (χ1n) is 17.0. The highest BCUT2D eigenvalue weighted by Gasteiger charge is 2.51. The van der Waals surface area contributed by atoms with Crippen LogP contribution in [0.15, 0.2) is 41.2 Å². The average molecular weight is 711 g/mol. The normalized spacial score (nSPS) is 23.7. The Kier molecular flexibility index (Phi) is 9.15. The molecule has 3 heterocycles. The van der Waals surface area contributed by atoms with E-state index in [1.165, 1.54) is 13.8 Å². The molecule has 4 fully saturated rings. The number of fused-ring (bicyclic) bond motifs is 4. The van der Waals surface area contributed by atoms with Crippen LogP contribution >= 0.6 is 23.2 Å². The summed E-state index contributed by atoms with van der Waals surface area (Å²) in [5, 5.41) is 26.5. The van der Waals surface area contributed by atoms with Crippen molar-refractivity contribution in [1.29, 1.82) is 0 Å². The van der Waals surface area contributed by atoms with Crippen LogP contribution in [0.3, 0.4) is 0 Å². The minimum atomic E-state index is -1.47. The second-order valence-electron chi connectivity index (χ2n) is 14.1. The lowest BCUT2D eigenvalue weighted by atomic mass is 9.57. The molecule has 2 unspecified atom stereocenters. The van der Waals surface area contributed by atoms with E-state index in [4.69, 9.17) is 46.9 Å². The molecule has 4 aliphatic rings. The van der Waals surface area contributed by atoms with Gasteiger partial charge in [-0.05, 0) is 96.4 Å². The number of nitrogens with zero attached hydrogens (tertiary/aromatic N) is 3. The summed E-state index contributed by atoms with van der Waals surface area (Å²) in [4.78, 5) is 22.1. The number of esters is 1. The number of benzene rings is 1. The quantitative estimate of drug-likeness (QED) is 0.141. The van der Waals surface area contributed by atoms with Gasteiger partial charge < -0.3 is 28.9 Å². The summed E-state index contributed by atoms with van der Waals surface area (Å²) < 4.78 is 24.1. The van der Waals surface area contributed by atoms with Gasteiger partial charge in [-0.15, -0.1) is 0 Å². The van der Waals surface area contributed by atoms with E-state index in [1.54, 1.807) is 31.5 Å². The molecular formula is C37H41Cl2N3O7. The van der Waals surface area contributed by atoms with Crippen molar-refractivity contribution in [2.45, 2.75) is 107 Å². The summed E-state index contributed by atoms with van der Waals surface area (Å²) in [6, 6.07) is 7.29. The number of aliphatic hydroxyl groups excluding tert-OH is 1. The van der Waals surface area contributed by atoms with Gasteiger partial charge in [0.1, 0.15) is 34.9 Å². The van der Waals surface area contributed by atoms with Crippen LogP contribution in [0.25, 0.3) is 22.2 Å². The van der Waals surface area contributed by atoms with Crippen LogP contribution in [0, 0.1) is 0 Å². The van der Waals surface area contributed by atoms with Gasteiger partial charge in [0.2, 0.25) is 0 Å². The van der Waals surface area contributed by atoms with Crippen molar-refractivity contribution in [2.75, 3.05) is 13.2 Å². The van der Waals surface area contributed by atoms with Crippen molar-refractivity contribution >= 4 is 40.1 Å². The lowest BCUT2D eigenvalue weighted by Crippen LogP contribution is -2.50. The first kappa shape index (κ1) is 34.2. The number of pyridine rings is 2. The first-order valence-corrected chi connectivity index (χ1v) is 17.8. The number of rotatable bonds is 12. The highest BCUT2D eigenvalue weighted by Crippen LogP contribution is 2.56. The van der Waals surface area contributed by atoms with Crippen LogP contribution in [0.4, 0.5) is 0 Å². The van der Waals surface area contributed by atoms with Crippen LogP contribution in [0.5, 0.6) is 5.75 Å². The predicted octanol–water partition coefficient (Wildman–Crippen LogP) is 7.72. The lowest BCUT2D eigenvalue weighted by Gasteiger charge is -2.53. The number of ether oxygens (including phenoxy) is 3. The Morgan fingerprint density at radius 2 is 1.78 bits per heavy atom. The van der Waals surface area contributed by atoms with Crippen molar-refractivity contribution in [3.8, 4) is 17.0 Å². The molecule has 0 spiro atoms. The number of hydrogen-bond donors (Lipinski definition) is 2. The topological polar surface area (TPSA) is 137 Å². The van der Waals surface area contributed by atoms with Crippen molar-refractivity contribution in [3.05, 3.63) is 69.3 Å². The fourth-order valence-electron chi connectivity index (χ4n) is 7.27. The molecule has 1 aromatic carbocycles. The van der Waals surface area contributed by atoms with E-state index >= 15 is 0 Å². The minimum Gasteiger partial charge on any atom is -0.488 e. The van der Waals surface area contributed by atoms with E-state index in [2.05, 4.69) is 10.1 Å². The summed E-state index contributed by atoms with van der Waals surface area (Å²) in [6.45, 7) is 5.26. The number of carbonyl (C=O) groups is 1. The number of hydrogen-bond acceptors (Lipinski definition) is 10. The maximum absolute atomic E-state index is 12.9. The highest BCUT2D eigenvalue weighted by atomic mass is 35.5. The molecule has 4 saturated carbocycles. The third-order valence-electron chi connectivity index (χ3n) is 10.8. The van der Waals surface area contributed by atoms with Crippen molar-refractivity contribution in [3.63, 3.8) is 0 Å². The van der Waals surface area contributed by atoms with Gasteiger partial charge in [-0.3, -0.25) is 4.98 Å². The number of aliphatic hydroxyl groups is 2. The summed E-state index contributed by atoms with van der Waals surface area (Å²) >= 11 is 13.1. The van der Waals surface area contributed by atoms with Gasteiger partial charge in [-0.2, -0.15) is 0 Å². The molecule has 8 rings (SSSR count). The molecule has 2 N–H and O–H groups in total. The minimum absolute atomic E-state index is 0.147. The Morgan fingerprint density at radius 1 is 1.08 bits per heavy atom. The molecule has 10 nitrogen and oxygen atoms in total. The number of carbonyl (C=O) groups excluding carboxylic acids is 1. The van der Waals surface area contributed by atoms with E-state index < -0.39 is 17.7 Å². The highest BCUT2D eigenvalue weighted by molar-refractivity contribution is 6.38. The third kappa shape index (κ3) is 6.42. The zero-order valence-electron chi connectivity index (χ0n) is 27.9. The molecule has 49 heavy (non-hydrogen) atoms. The molecule has 2 atom stereocenters. The van der Waals surface area contributed by atoms with Crippen LogP contribution < -0.4 is 4.74 Å². The van der Waals surface area contributed by atoms with Crippen LogP contribution in [-0.2, 0) is 21.5 Å². The zero-order valence-corrected chi connectivity index (χ0v) is 29.4. The van der Waals surface area contributed by atoms with Gasteiger partial charge in [0.15, 0.2) is 0 Å². The number of aromatic nitrogens is 3. The Bertz CT molecular complexity index is 1840. The summed E-state index contributed by atoms with van der Waals surface area (Å²) in [5.41, 5.74) is 2.11. The molecule has 12 heteroatoms. The van der Waals surface area contributed by atoms with Crippen molar-refractivity contribution < 1.29 is 33.7 Å². The number of halogens is 2.